The summed E-state index contributed by atoms with van der Waals surface area (Å²) in [6.45, 7) is 5.75. The van der Waals surface area contributed by atoms with E-state index in [4.69, 9.17) is 0 Å². The van der Waals surface area contributed by atoms with Crippen molar-refractivity contribution in [3.63, 3.8) is 0 Å². The van der Waals surface area contributed by atoms with Crippen molar-refractivity contribution in [3.05, 3.63) is 52.9 Å². The lowest BCUT2D eigenvalue weighted by atomic mass is 9.81. The van der Waals surface area contributed by atoms with E-state index in [2.05, 4.69) is 0 Å². The Labute approximate surface area is 113 Å². The van der Waals surface area contributed by atoms with Crippen LogP contribution in [0.25, 0.3) is 5.57 Å². The Balaban J connectivity index is 2.59. The van der Waals surface area contributed by atoms with Gasteiger partial charge in [-0.05, 0) is 11.0 Å². The molecule has 0 aromatic heterocycles. The van der Waals surface area contributed by atoms with Crippen molar-refractivity contribution >= 4 is 5.57 Å². The topological polar surface area (TPSA) is 0 Å². The van der Waals surface area contributed by atoms with Crippen LogP contribution in [0.5, 0.6) is 0 Å². The molecule has 0 radical (unpaired) electrons. The highest BCUT2D eigenvalue weighted by Gasteiger charge is 2.30. The maximum atomic E-state index is 13.7. The summed E-state index contributed by atoms with van der Waals surface area (Å²) in [5.74, 6) is -9.72. The molecule has 0 bridgehead atoms. The zero-order chi connectivity index (χ0) is 15.2. The summed E-state index contributed by atoms with van der Waals surface area (Å²) >= 11 is 0. The molecule has 0 N–H and O–H groups in total. The molecule has 0 saturated carbocycles. The second-order valence-electron chi connectivity index (χ2n) is 5.82. The lowest BCUT2D eigenvalue weighted by molar-refractivity contribution is 0.346. The summed E-state index contributed by atoms with van der Waals surface area (Å²) < 4.78 is 66.7. The molecule has 0 heterocycles. The van der Waals surface area contributed by atoms with Gasteiger partial charge in [0, 0.05) is 5.92 Å². The van der Waals surface area contributed by atoms with Gasteiger partial charge in [-0.25, -0.2) is 22.0 Å². The van der Waals surface area contributed by atoms with E-state index < -0.39 is 34.6 Å². The first-order valence-electron chi connectivity index (χ1n) is 6.06. The van der Waals surface area contributed by atoms with Gasteiger partial charge >= 0.3 is 0 Å². The Morgan fingerprint density at radius 1 is 0.800 bits per heavy atom. The van der Waals surface area contributed by atoms with Crippen molar-refractivity contribution in [2.75, 3.05) is 0 Å². The van der Waals surface area contributed by atoms with Crippen LogP contribution in [0.2, 0.25) is 0 Å². The lowest BCUT2D eigenvalue weighted by Gasteiger charge is -2.23. The van der Waals surface area contributed by atoms with Crippen molar-refractivity contribution in [2.45, 2.75) is 20.8 Å². The van der Waals surface area contributed by atoms with E-state index in [0.29, 0.717) is 0 Å². The molecule has 0 aliphatic heterocycles. The van der Waals surface area contributed by atoms with E-state index >= 15 is 0 Å². The number of allylic oxidation sites excluding steroid dienone is 4. The minimum absolute atomic E-state index is 0.0118. The Bertz CT molecular complexity index is 591. The molecule has 0 saturated heterocycles. The van der Waals surface area contributed by atoms with Gasteiger partial charge in [0.1, 0.15) is 0 Å². The molecule has 2 rings (SSSR count). The third-order valence-electron chi connectivity index (χ3n) is 3.34. The molecule has 1 aliphatic rings. The van der Waals surface area contributed by atoms with Gasteiger partial charge in [-0.2, -0.15) is 0 Å². The van der Waals surface area contributed by atoms with Gasteiger partial charge in [0.25, 0.3) is 0 Å². The van der Waals surface area contributed by atoms with Gasteiger partial charge in [-0.3, -0.25) is 0 Å². The van der Waals surface area contributed by atoms with Crippen LogP contribution in [0, 0.1) is 40.4 Å². The van der Waals surface area contributed by atoms with Crippen LogP contribution >= 0.6 is 0 Å². The van der Waals surface area contributed by atoms with Crippen molar-refractivity contribution in [1.82, 2.24) is 0 Å². The first kappa shape index (κ1) is 14.8. The minimum atomic E-state index is -2.14. The summed E-state index contributed by atoms with van der Waals surface area (Å²) in [4.78, 5) is 0. The summed E-state index contributed by atoms with van der Waals surface area (Å²) in [5, 5.41) is 0. The first-order valence-corrected chi connectivity index (χ1v) is 6.06. The molecular weight excluding hydrogens is 275 g/mol. The molecule has 0 nitrogen and oxygen atoms in total. The van der Waals surface area contributed by atoms with Crippen LogP contribution in [0.4, 0.5) is 22.0 Å². The quantitative estimate of drug-likeness (QED) is 0.387. The van der Waals surface area contributed by atoms with Crippen LogP contribution in [0.1, 0.15) is 26.3 Å². The van der Waals surface area contributed by atoms with E-state index in [9.17, 15) is 22.0 Å². The SMILES string of the molecule is CC(C)(C)C1C=CC(c2c(F)c(F)c(F)c(F)c2F)=C1. The molecule has 1 unspecified atom stereocenters. The molecule has 1 aromatic carbocycles. The van der Waals surface area contributed by atoms with E-state index in [0.717, 1.165) is 0 Å². The van der Waals surface area contributed by atoms with Gasteiger partial charge in [-0.15, -0.1) is 0 Å². The zero-order valence-corrected chi connectivity index (χ0v) is 11.2. The van der Waals surface area contributed by atoms with Gasteiger partial charge in [0.15, 0.2) is 23.3 Å². The number of rotatable bonds is 1. The van der Waals surface area contributed by atoms with Crippen LogP contribution in [-0.4, -0.2) is 0 Å². The smallest absolute Gasteiger partial charge is 0.200 e. The van der Waals surface area contributed by atoms with Gasteiger partial charge in [0.05, 0.1) is 5.56 Å². The molecule has 0 fully saturated rings. The van der Waals surface area contributed by atoms with E-state index in [1.54, 1.807) is 6.08 Å². The molecule has 0 amide bonds. The summed E-state index contributed by atoms with van der Waals surface area (Å²) in [5.41, 5.74) is -1.07. The molecule has 5 heteroatoms. The fraction of sp³-hybridized carbons (Fsp3) is 0.333. The van der Waals surface area contributed by atoms with Crippen LogP contribution < -0.4 is 0 Å². The van der Waals surface area contributed by atoms with E-state index in [1.807, 2.05) is 20.8 Å². The van der Waals surface area contributed by atoms with Crippen LogP contribution in [0.3, 0.4) is 0 Å². The van der Waals surface area contributed by atoms with E-state index in [-0.39, 0.29) is 16.9 Å². The Morgan fingerprint density at radius 2 is 1.25 bits per heavy atom. The zero-order valence-electron chi connectivity index (χ0n) is 11.2. The molecule has 108 valence electrons. The predicted octanol–water partition coefficient (Wildman–Crippen LogP) is 5.00. The molecule has 20 heavy (non-hydrogen) atoms. The lowest BCUT2D eigenvalue weighted by Crippen LogP contribution is -2.14. The molecule has 0 spiro atoms. The molecule has 1 atom stereocenters. The number of benzene rings is 1. The minimum Gasteiger partial charge on any atom is -0.203 e. The highest BCUT2D eigenvalue weighted by Crippen LogP contribution is 2.38. The van der Waals surface area contributed by atoms with Gasteiger partial charge in [-0.1, -0.05) is 39.0 Å². The van der Waals surface area contributed by atoms with Gasteiger partial charge < -0.3 is 0 Å². The maximum absolute atomic E-state index is 13.7. The predicted molar refractivity (Wildman–Crippen MR) is 66.3 cm³/mol. The van der Waals surface area contributed by atoms with Crippen molar-refractivity contribution in [1.29, 1.82) is 0 Å². The summed E-state index contributed by atoms with van der Waals surface area (Å²) in [6.07, 6.45) is 4.58. The Hall–Kier alpha value is -1.65. The third-order valence-corrected chi connectivity index (χ3v) is 3.34. The Kier molecular flexibility index (Phi) is 3.48. The van der Waals surface area contributed by atoms with Crippen LogP contribution in [-0.2, 0) is 0 Å². The fourth-order valence-electron chi connectivity index (χ4n) is 2.08. The number of hydrogen-bond donors (Lipinski definition) is 0. The average Bonchev–Trinajstić information content (AvgIpc) is 2.83. The molecule has 1 aliphatic carbocycles. The second kappa shape index (κ2) is 4.72. The highest BCUT2D eigenvalue weighted by atomic mass is 19.2. The third kappa shape index (κ3) is 2.25. The summed E-state index contributed by atoms with van der Waals surface area (Å²) in [6, 6.07) is 0. The summed E-state index contributed by atoms with van der Waals surface area (Å²) in [7, 11) is 0. The normalized spacial score (nSPS) is 18.6. The standard InChI is InChI=1S/C15H13F5/c1-15(2,3)8-5-4-7(6-8)9-10(16)12(18)14(20)13(19)11(9)17/h4-6,8H,1-3H3. The number of hydrogen-bond acceptors (Lipinski definition) is 0. The second-order valence-corrected chi connectivity index (χ2v) is 5.82. The Morgan fingerprint density at radius 3 is 1.65 bits per heavy atom. The van der Waals surface area contributed by atoms with Crippen LogP contribution in [0.15, 0.2) is 18.2 Å². The van der Waals surface area contributed by atoms with E-state index in [1.165, 1.54) is 12.2 Å². The molecule has 1 aromatic rings. The highest BCUT2D eigenvalue weighted by molar-refractivity contribution is 5.77. The monoisotopic (exact) mass is 288 g/mol. The fourth-order valence-corrected chi connectivity index (χ4v) is 2.08. The maximum Gasteiger partial charge on any atom is 0.200 e. The first-order chi connectivity index (χ1) is 9.14. The van der Waals surface area contributed by atoms with Crippen molar-refractivity contribution in [2.24, 2.45) is 11.3 Å². The van der Waals surface area contributed by atoms with Crippen molar-refractivity contribution < 1.29 is 22.0 Å². The van der Waals surface area contributed by atoms with Gasteiger partial charge in [0.2, 0.25) is 5.82 Å². The molecular formula is C15H13F5. The average molecular weight is 288 g/mol. The van der Waals surface area contributed by atoms with Crippen molar-refractivity contribution in [3.8, 4) is 0 Å². The number of halogens is 5. The largest absolute Gasteiger partial charge is 0.203 e.